The molecule has 0 aromatic heterocycles. The number of nitrogens with one attached hydrogen (secondary N) is 1. The fourth-order valence-corrected chi connectivity index (χ4v) is 4.76. The van der Waals surface area contributed by atoms with Crippen LogP contribution in [0.25, 0.3) is 0 Å². The molecule has 152 valence electrons. The summed E-state index contributed by atoms with van der Waals surface area (Å²) in [5, 5.41) is 2.94. The summed E-state index contributed by atoms with van der Waals surface area (Å²) in [6, 6.07) is 4.75. The van der Waals surface area contributed by atoms with E-state index in [4.69, 9.17) is 0 Å². The van der Waals surface area contributed by atoms with E-state index in [2.05, 4.69) is 10.2 Å². The Morgan fingerprint density at radius 3 is 2.41 bits per heavy atom. The third kappa shape index (κ3) is 5.94. The van der Waals surface area contributed by atoms with Crippen LogP contribution in [0.1, 0.15) is 43.7 Å². The Kier molecular flexibility index (Phi) is 7.68. The molecule has 2 rings (SSSR count). The Hall–Kier alpha value is -1.60. The van der Waals surface area contributed by atoms with Crippen molar-refractivity contribution in [3.05, 3.63) is 29.3 Å². The van der Waals surface area contributed by atoms with Crippen molar-refractivity contribution in [2.45, 2.75) is 52.5 Å². The van der Waals surface area contributed by atoms with Crippen LogP contribution in [0.4, 0.5) is 5.69 Å². The Balaban J connectivity index is 2.11. The minimum Gasteiger partial charge on any atom is -0.353 e. The van der Waals surface area contributed by atoms with Gasteiger partial charge in [-0.25, -0.2) is 8.42 Å². The van der Waals surface area contributed by atoms with Gasteiger partial charge in [0.15, 0.2) is 0 Å². The monoisotopic (exact) mass is 395 g/mol. The summed E-state index contributed by atoms with van der Waals surface area (Å²) in [7, 11) is -3.59. The van der Waals surface area contributed by atoms with Gasteiger partial charge in [-0.15, -0.1) is 0 Å². The van der Waals surface area contributed by atoms with Crippen LogP contribution in [0.5, 0.6) is 0 Å². The summed E-state index contributed by atoms with van der Waals surface area (Å²) < 4.78 is 26.2. The highest BCUT2D eigenvalue weighted by Crippen LogP contribution is 2.25. The molecule has 7 heteroatoms. The predicted octanol–water partition coefficient (Wildman–Crippen LogP) is 2.45. The summed E-state index contributed by atoms with van der Waals surface area (Å²) in [6.07, 6.45) is 5.27. The molecule has 0 unspecified atom stereocenters. The molecule has 0 bridgehead atoms. The molecule has 1 aromatic carbocycles. The molecule has 1 heterocycles. The molecule has 0 aliphatic carbocycles. The van der Waals surface area contributed by atoms with E-state index in [-0.39, 0.29) is 5.91 Å². The number of amides is 1. The second-order valence-corrected chi connectivity index (χ2v) is 9.30. The fourth-order valence-electron chi connectivity index (χ4n) is 3.56. The van der Waals surface area contributed by atoms with Gasteiger partial charge in [0.2, 0.25) is 15.9 Å². The average molecular weight is 396 g/mol. The first-order chi connectivity index (χ1) is 12.7. The van der Waals surface area contributed by atoms with Crippen molar-refractivity contribution in [2.75, 3.05) is 36.7 Å². The van der Waals surface area contributed by atoms with Gasteiger partial charge in [0, 0.05) is 13.1 Å². The molecule has 0 radical (unpaired) electrons. The molecular weight excluding hydrogens is 362 g/mol. The maximum Gasteiger partial charge on any atom is 0.243 e. The largest absolute Gasteiger partial charge is 0.353 e. The van der Waals surface area contributed by atoms with Crippen molar-refractivity contribution >= 4 is 21.6 Å². The minimum absolute atomic E-state index is 0.238. The highest BCUT2D eigenvalue weighted by molar-refractivity contribution is 7.92. The van der Waals surface area contributed by atoms with Crippen molar-refractivity contribution in [3.8, 4) is 0 Å². The Morgan fingerprint density at radius 1 is 1.19 bits per heavy atom. The first-order valence-electron chi connectivity index (χ1n) is 9.80. The molecule has 0 saturated carbocycles. The van der Waals surface area contributed by atoms with Crippen LogP contribution in [0, 0.1) is 13.8 Å². The van der Waals surface area contributed by atoms with E-state index in [1.807, 2.05) is 32.9 Å². The van der Waals surface area contributed by atoms with Crippen molar-refractivity contribution in [2.24, 2.45) is 0 Å². The van der Waals surface area contributed by atoms with E-state index in [0.717, 1.165) is 37.0 Å². The third-order valence-corrected chi connectivity index (χ3v) is 6.43. The van der Waals surface area contributed by atoms with Crippen molar-refractivity contribution < 1.29 is 13.2 Å². The lowest BCUT2D eigenvalue weighted by molar-refractivity contribution is -0.122. The summed E-state index contributed by atoms with van der Waals surface area (Å²) in [6.45, 7) is 9.27. The van der Waals surface area contributed by atoms with Crippen LogP contribution in [0.2, 0.25) is 0 Å². The smallest absolute Gasteiger partial charge is 0.243 e. The molecule has 6 nitrogen and oxygen atoms in total. The first kappa shape index (κ1) is 21.7. The van der Waals surface area contributed by atoms with Gasteiger partial charge < -0.3 is 10.2 Å². The van der Waals surface area contributed by atoms with Gasteiger partial charge in [-0.1, -0.05) is 19.4 Å². The zero-order chi connectivity index (χ0) is 20.0. The number of hydrogen-bond donors (Lipinski definition) is 1. The van der Waals surface area contributed by atoms with Gasteiger partial charge in [0.05, 0.1) is 11.9 Å². The zero-order valence-corrected chi connectivity index (χ0v) is 17.8. The number of rotatable bonds is 8. The van der Waals surface area contributed by atoms with E-state index >= 15 is 0 Å². The molecular formula is C20H33N3O3S. The number of piperidine rings is 1. The maximum atomic E-state index is 12.8. The lowest BCUT2D eigenvalue weighted by Gasteiger charge is -2.31. The van der Waals surface area contributed by atoms with E-state index in [9.17, 15) is 13.2 Å². The van der Waals surface area contributed by atoms with Crippen LogP contribution in [0.3, 0.4) is 0 Å². The first-order valence-corrected chi connectivity index (χ1v) is 11.7. The number of hydrogen-bond acceptors (Lipinski definition) is 4. The number of aryl methyl sites for hydroxylation is 2. The molecule has 1 aliphatic rings. The molecule has 27 heavy (non-hydrogen) atoms. The van der Waals surface area contributed by atoms with Gasteiger partial charge in [0.1, 0.15) is 6.04 Å². The Morgan fingerprint density at radius 2 is 1.85 bits per heavy atom. The lowest BCUT2D eigenvalue weighted by atomic mass is 10.1. The lowest BCUT2D eigenvalue weighted by Crippen LogP contribution is -2.50. The quantitative estimate of drug-likeness (QED) is 0.734. The van der Waals surface area contributed by atoms with Crippen molar-refractivity contribution in [1.29, 1.82) is 0 Å². The van der Waals surface area contributed by atoms with E-state index in [1.54, 1.807) is 6.07 Å². The van der Waals surface area contributed by atoms with Crippen LogP contribution in [0.15, 0.2) is 18.2 Å². The number of sulfonamides is 1. The Labute approximate surface area is 164 Å². The SMILES string of the molecule is CC[C@@H](C(=O)NCCN1CCCCC1)N(c1ccc(C)c(C)c1)S(C)(=O)=O. The molecule has 1 fully saturated rings. The number of carbonyl (C=O) groups is 1. The Bertz CT molecular complexity index is 743. The molecule has 1 amide bonds. The molecule has 1 aliphatic heterocycles. The van der Waals surface area contributed by atoms with E-state index in [1.165, 1.54) is 23.6 Å². The number of carbonyl (C=O) groups excluding carboxylic acids is 1. The van der Waals surface area contributed by atoms with Crippen LogP contribution >= 0.6 is 0 Å². The van der Waals surface area contributed by atoms with Crippen LogP contribution in [-0.2, 0) is 14.8 Å². The van der Waals surface area contributed by atoms with Crippen LogP contribution in [-0.4, -0.2) is 57.7 Å². The van der Waals surface area contributed by atoms with E-state index < -0.39 is 16.1 Å². The second-order valence-electron chi connectivity index (χ2n) is 7.44. The molecule has 1 saturated heterocycles. The van der Waals surface area contributed by atoms with Crippen LogP contribution < -0.4 is 9.62 Å². The molecule has 0 spiro atoms. The highest BCUT2D eigenvalue weighted by atomic mass is 32.2. The van der Waals surface area contributed by atoms with Gasteiger partial charge in [-0.05, 0) is 69.5 Å². The topological polar surface area (TPSA) is 69.7 Å². The maximum absolute atomic E-state index is 12.8. The number of benzene rings is 1. The van der Waals surface area contributed by atoms with Crippen molar-refractivity contribution in [3.63, 3.8) is 0 Å². The number of anilines is 1. The molecule has 1 N–H and O–H groups in total. The minimum atomic E-state index is -3.59. The summed E-state index contributed by atoms with van der Waals surface area (Å²) >= 11 is 0. The summed E-state index contributed by atoms with van der Waals surface area (Å²) in [5.41, 5.74) is 2.63. The standard InChI is InChI=1S/C20H33N3O3S/c1-5-19(20(24)21-11-14-22-12-7-6-8-13-22)23(27(4,25)26)18-10-9-16(2)17(3)15-18/h9-10,15,19H,5-8,11-14H2,1-4H3,(H,21,24)/t19-/m0/s1. The number of likely N-dealkylation sites (tertiary alicyclic amines) is 1. The normalized spacial score (nSPS) is 16.7. The summed E-state index contributed by atoms with van der Waals surface area (Å²) in [5.74, 6) is -0.238. The highest BCUT2D eigenvalue weighted by Gasteiger charge is 2.31. The van der Waals surface area contributed by atoms with Gasteiger partial charge in [0.25, 0.3) is 0 Å². The second kappa shape index (κ2) is 9.55. The number of nitrogens with zero attached hydrogens (tertiary/aromatic N) is 2. The predicted molar refractivity (Wildman–Crippen MR) is 111 cm³/mol. The molecule has 1 aromatic rings. The zero-order valence-electron chi connectivity index (χ0n) is 17.0. The average Bonchev–Trinajstić information content (AvgIpc) is 2.62. The summed E-state index contributed by atoms with van der Waals surface area (Å²) in [4.78, 5) is 15.1. The molecule has 1 atom stereocenters. The van der Waals surface area contributed by atoms with Gasteiger partial charge >= 0.3 is 0 Å². The van der Waals surface area contributed by atoms with Crippen molar-refractivity contribution in [1.82, 2.24) is 10.2 Å². The third-order valence-electron chi connectivity index (χ3n) is 5.25. The van der Waals surface area contributed by atoms with Gasteiger partial charge in [-0.2, -0.15) is 0 Å². The fraction of sp³-hybridized carbons (Fsp3) is 0.650. The van der Waals surface area contributed by atoms with E-state index in [0.29, 0.717) is 18.7 Å². The van der Waals surface area contributed by atoms with Gasteiger partial charge in [-0.3, -0.25) is 9.10 Å².